The molecule has 2 fully saturated rings. The fourth-order valence-electron chi connectivity index (χ4n) is 2.95. The van der Waals surface area contributed by atoms with Crippen molar-refractivity contribution in [3.63, 3.8) is 0 Å². The monoisotopic (exact) mass is 373 g/mol. The third kappa shape index (κ3) is 3.24. The molecule has 26 heavy (non-hydrogen) atoms. The second-order valence-corrected chi connectivity index (χ2v) is 8.18. The van der Waals surface area contributed by atoms with Crippen molar-refractivity contribution in [2.45, 2.75) is 30.0 Å². The zero-order chi connectivity index (χ0) is 18.9. The number of β-lactam (4-membered cyclic amide) rings is 1. The number of nitrogens with zero attached hydrogens (tertiary/aromatic N) is 2. The highest BCUT2D eigenvalue weighted by molar-refractivity contribution is 8.01. The molecule has 2 aliphatic heterocycles. The van der Waals surface area contributed by atoms with E-state index in [9.17, 15) is 14.4 Å². The summed E-state index contributed by atoms with van der Waals surface area (Å²) in [5.41, 5.74) is 1.66. The lowest BCUT2D eigenvalue weighted by Crippen LogP contribution is -2.56. The molecule has 0 bridgehead atoms. The highest BCUT2D eigenvalue weighted by atomic mass is 32.2. The van der Waals surface area contributed by atoms with Crippen LogP contribution in [0.1, 0.15) is 19.5 Å². The Labute approximate surface area is 155 Å². The lowest BCUT2D eigenvalue weighted by molar-refractivity contribution is -0.139. The van der Waals surface area contributed by atoms with Gasteiger partial charge in [0.25, 0.3) is 5.91 Å². The summed E-state index contributed by atoms with van der Waals surface area (Å²) < 4.78 is 4.54. The predicted octanol–water partition coefficient (Wildman–Crippen LogP) is 2.46. The molecule has 0 spiro atoms. The number of pyridine rings is 1. The quantitative estimate of drug-likeness (QED) is 0.369. The average Bonchev–Trinajstić information content (AvgIpc) is 2.85. The molecule has 2 aliphatic rings. The second kappa shape index (κ2) is 6.95. The van der Waals surface area contributed by atoms with Gasteiger partial charge in [-0.05, 0) is 32.1 Å². The summed E-state index contributed by atoms with van der Waals surface area (Å²) in [7, 11) is 0. The first-order chi connectivity index (χ1) is 12.4. The van der Waals surface area contributed by atoms with Crippen LogP contribution < -0.4 is 5.32 Å². The minimum absolute atomic E-state index is 0.116. The Kier molecular flexibility index (Phi) is 4.86. The Hall–Kier alpha value is -2.61. The van der Waals surface area contributed by atoms with Gasteiger partial charge in [0.15, 0.2) is 0 Å². The summed E-state index contributed by atoms with van der Waals surface area (Å²) in [6.45, 7) is 7.50. The van der Waals surface area contributed by atoms with E-state index in [1.807, 2.05) is 13.8 Å². The summed E-state index contributed by atoms with van der Waals surface area (Å²) >= 11 is 1.58. The van der Waals surface area contributed by atoms with Gasteiger partial charge in [-0.15, -0.1) is 11.8 Å². The van der Waals surface area contributed by atoms with Gasteiger partial charge in [-0.25, -0.2) is 4.79 Å². The number of hydrogen-bond donors (Lipinski definition) is 1. The Balaban J connectivity index is 1.76. The Bertz CT molecular complexity index is 805. The zero-order valence-corrected chi connectivity index (χ0v) is 15.3. The largest absolute Gasteiger partial charge is 0.445 e. The highest BCUT2D eigenvalue weighted by Gasteiger charge is 2.58. The molecule has 0 aliphatic carbocycles. The van der Waals surface area contributed by atoms with Gasteiger partial charge in [-0.1, -0.05) is 12.7 Å². The van der Waals surface area contributed by atoms with Crippen LogP contribution in [0.5, 0.6) is 0 Å². The van der Waals surface area contributed by atoms with Crippen molar-refractivity contribution in [1.82, 2.24) is 9.88 Å². The molecule has 2 atom stereocenters. The lowest BCUT2D eigenvalue weighted by atomic mass is 9.96. The molecule has 1 aromatic heterocycles. The summed E-state index contributed by atoms with van der Waals surface area (Å²) in [6, 6.07) is 2.85. The molecule has 2 amide bonds. The van der Waals surface area contributed by atoms with E-state index in [0.717, 1.165) is 6.29 Å². The number of hydrogen-bond acceptors (Lipinski definition) is 6. The number of ether oxygens (including phenoxy) is 1. The molecule has 1 unspecified atom stereocenters. The van der Waals surface area contributed by atoms with E-state index in [-0.39, 0.29) is 22.6 Å². The molecule has 0 radical (unpaired) electrons. The summed E-state index contributed by atoms with van der Waals surface area (Å²) in [5.74, 6) is -0.157. The van der Waals surface area contributed by atoms with Crippen molar-refractivity contribution in [2.24, 2.45) is 0 Å². The SMILES string of the molecule is C=CCOC(=O)Nc1ccnc(/C=C2/C(=O)N3C2SC(C)(C)[C@@H]3C=O)c1. The van der Waals surface area contributed by atoms with Crippen LogP contribution >= 0.6 is 11.8 Å². The number of aromatic nitrogens is 1. The van der Waals surface area contributed by atoms with Crippen LogP contribution in [0.3, 0.4) is 0 Å². The van der Waals surface area contributed by atoms with Crippen LogP contribution in [0.4, 0.5) is 10.5 Å². The van der Waals surface area contributed by atoms with Gasteiger partial charge in [0.05, 0.1) is 11.3 Å². The smallest absolute Gasteiger partial charge is 0.411 e. The van der Waals surface area contributed by atoms with Crippen molar-refractivity contribution in [3.05, 3.63) is 42.3 Å². The fourth-order valence-corrected chi connectivity index (χ4v) is 4.47. The lowest BCUT2D eigenvalue weighted by Gasteiger charge is -2.38. The number of fused-ring (bicyclic) bond motifs is 1. The maximum atomic E-state index is 12.4. The van der Waals surface area contributed by atoms with E-state index in [4.69, 9.17) is 4.74 Å². The number of aldehydes is 1. The van der Waals surface area contributed by atoms with E-state index in [1.54, 1.807) is 34.9 Å². The molecule has 8 heteroatoms. The number of amides is 2. The van der Waals surface area contributed by atoms with Crippen molar-refractivity contribution in [2.75, 3.05) is 11.9 Å². The van der Waals surface area contributed by atoms with Gasteiger partial charge in [0, 0.05) is 16.6 Å². The number of carbonyl (C=O) groups excluding carboxylic acids is 3. The Morgan fingerprint density at radius 1 is 1.54 bits per heavy atom. The Morgan fingerprint density at radius 3 is 3.00 bits per heavy atom. The molecule has 7 nitrogen and oxygen atoms in total. The normalized spacial score (nSPS) is 24.6. The van der Waals surface area contributed by atoms with E-state index in [0.29, 0.717) is 17.0 Å². The van der Waals surface area contributed by atoms with Crippen molar-refractivity contribution in [3.8, 4) is 0 Å². The third-order valence-corrected chi connectivity index (χ3v) is 5.77. The summed E-state index contributed by atoms with van der Waals surface area (Å²) in [4.78, 5) is 41.2. The molecule has 1 aromatic rings. The molecule has 2 saturated heterocycles. The summed E-state index contributed by atoms with van der Waals surface area (Å²) in [6.07, 6.45) is 4.95. The maximum Gasteiger partial charge on any atom is 0.411 e. The number of nitrogens with one attached hydrogen (secondary N) is 1. The first-order valence-electron chi connectivity index (χ1n) is 8.05. The number of anilines is 1. The fraction of sp³-hybridized carbons (Fsp3) is 0.333. The van der Waals surface area contributed by atoms with E-state index in [1.165, 1.54) is 12.3 Å². The van der Waals surface area contributed by atoms with E-state index >= 15 is 0 Å². The first kappa shape index (κ1) is 18.2. The van der Waals surface area contributed by atoms with Crippen LogP contribution in [0.2, 0.25) is 0 Å². The van der Waals surface area contributed by atoms with Crippen LogP contribution in [-0.2, 0) is 14.3 Å². The van der Waals surface area contributed by atoms with Crippen LogP contribution in [0.15, 0.2) is 36.6 Å². The van der Waals surface area contributed by atoms with Crippen LogP contribution in [0.25, 0.3) is 6.08 Å². The molecule has 136 valence electrons. The minimum atomic E-state index is -0.595. The number of rotatable bonds is 5. The molecule has 3 rings (SSSR count). The zero-order valence-electron chi connectivity index (χ0n) is 14.5. The van der Waals surface area contributed by atoms with Gasteiger partial charge in [-0.2, -0.15) is 0 Å². The van der Waals surface area contributed by atoms with E-state index in [2.05, 4.69) is 16.9 Å². The third-order valence-electron chi connectivity index (χ3n) is 4.22. The van der Waals surface area contributed by atoms with Crippen molar-refractivity contribution < 1.29 is 19.1 Å². The first-order valence-corrected chi connectivity index (χ1v) is 8.93. The molecular formula is C18H19N3O4S. The molecular weight excluding hydrogens is 354 g/mol. The maximum absolute atomic E-state index is 12.4. The molecule has 0 saturated carbocycles. The predicted molar refractivity (Wildman–Crippen MR) is 99.5 cm³/mol. The van der Waals surface area contributed by atoms with Gasteiger partial charge in [-0.3, -0.25) is 15.1 Å². The van der Waals surface area contributed by atoms with Gasteiger partial charge in [0.1, 0.15) is 24.3 Å². The van der Waals surface area contributed by atoms with Gasteiger partial charge >= 0.3 is 6.09 Å². The molecule has 3 heterocycles. The number of thioether (sulfide) groups is 1. The topological polar surface area (TPSA) is 88.6 Å². The average molecular weight is 373 g/mol. The Morgan fingerprint density at radius 2 is 2.31 bits per heavy atom. The van der Waals surface area contributed by atoms with E-state index < -0.39 is 12.1 Å². The molecule has 1 N–H and O–H groups in total. The highest BCUT2D eigenvalue weighted by Crippen LogP contribution is 2.52. The minimum Gasteiger partial charge on any atom is -0.445 e. The van der Waals surface area contributed by atoms with Gasteiger partial charge < -0.3 is 14.4 Å². The van der Waals surface area contributed by atoms with Crippen LogP contribution in [-0.4, -0.2) is 50.9 Å². The summed E-state index contributed by atoms with van der Waals surface area (Å²) in [5, 5.41) is 2.44. The van der Waals surface area contributed by atoms with Crippen LogP contribution in [0, 0.1) is 0 Å². The molecule has 0 aromatic carbocycles. The number of carbonyl (C=O) groups is 3. The van der Waals surface area contributed by atoms with Gasteiger partial charge in [0.2, 0.25) is 0 Å². The van der Waals surface area contributed by atoms with Crippen molar-refractivity contribution in [1.29, 1.82) is 0 Å². The standard InChI is InChI=1S/C18H19N3O4S/c1-4-7-25-17(24)20-11-5-6-19-12(8-11)9-13-15(23)21-14(10-22)18(2,3)26-16(13)21/h4-6,8-10,14,16H,1,7H2,2-3H3,(H,19,20,24)/b13-9-/t14-,16?/m0/s1. The second-order valence-electron chi connectivity index (χ2n) is 6.45. The van der Waals surface area contributed by atoms with Crippen molar-refractivity contribution >= 4 is 41.8 Å².